The van der Waals surface area contributed by atoms with Gasteiger partial charge >= 0.3 is 0 Å². The highest BCUT2D eigenvalue weighted by atomic mass is 16.6. The molecule has 0 aliphatic rings. The lowest BCUT2D eigenvalue weighted by Crippen LogP contribution is -2.12. The summed E-state index contributed by atoms with van der Waals surface area (Å²) < 4.78 is 5.37. The molecule has 3 rings (SSSR count). The van der Waals surface area contributed by atoms with Crippen LogP contribution in [0.1, 0.15) is 21.8 Å². The van der Waals surface area contributed by atoms with Crippen molar-refractivity contribution in [2.45, 2.75) is 13.8 Å². The minimum absolute atomic E-state index is 0.0831. The second-order valence-electron chi connectivity index (χ2n) is 5.13. The molecule has 1 heterocycles. The van der Waals surface area contributed by atoms with Gasteiger partial charge in [-0.15, -0.1) is 0 Å². The van der Waals surface area contributed by atoms with Crippen LogP contribution < -0.4 is 5.32 Å². The lowest BCUT2D eigenvalue weighted by Gasteiger charge is -2.06. The van der Waals surface area contributed by atoms with Gasteiger partial charge in [-0.3, -0.25) is 14.9 Å². The van der Waals surface area contributed by atoms with Gasteiger partial charge in [0.25, 0.3) is 11.6 Å². The summed E-state index contributed by atoms with van der Waals surface area (Å²) in [7, 11) is 0. The van der Waals surface area contributed by atoms with Crippen LogP contribution in [0.5, 0.6) is 0 Å². The molecule has 0 saturated carbocycles. The molecule has 7 heteroatoms. The molecular weight excluding hydrogens is 298 g/mol. The van der Waals surface area contributed by atoms with Crippen molar-refractivity contribution in [3.05, 3.63) is 63.5 Å². The van der Waals surface area contributed by atoms with E-state index in [1.165, 1.54) is 6.07 Å². The number of nitro benzene ring substituents is 1. The number of carbonyl (C=O) groups is 1. The summed E-state index contributed by atoms with van der Waals surface area (Å²) in [6.07, 6.45) is 0. The molecule has 7 nitrogen and oxygen atoms in total. The first-order valence-corrected chi connectivity index (χ1v) is 6.87. The molecule has 0 unspecified atom stereocenters. The largest absolute Gasteiger partial charge is 0.441 e. The molecule has 23 heavy (non-hydrogen) atoms. The first-order valence-electron chi connectivity index (χ1n) is 6.87. The number of aryl methyl sites for hydroxylation is 2. The topological polar surface area (TPSA) is 98.3 Å². The van der Waals surface area contributed by atoms with E-state index in [0.29, 0.717) is 28.2 Å². The molecule has 0 bridgehead atoms. The third-order valence-electron chi connectivity index (χ3n) is 3.42. The van der Waals surface area contributed by atoms with Crippen LogP contribution in [0, 0.1) is 24.0 Å². The van der Waals surface area contributed by atoms with Crippen LogP contribution in [0.3, 0.4) is 0 Å². The highest BCUT2D eigenvalue weighted by Gasteiger charge is 2.15. The molecule has 0 saturated heterocycles. The number of oxazole rings is 1. The predicted molar refractivity (Wildman–Crippen MR) is 84.5 cm³/mol. The molecule has 116 valence electrons. The minimum Gasteiger partial charge on any atom is -0.441 e. The Kier molecular flexibility index (Phi) is 3.53. The first kappa shape index (κ1) is 14.7. The van der Waals surface area contributed by atoms with E-state index in [2.05, 4.69) is 10.3 Å². The molecule has 0 fully saturated rings. The number of anilines is 1. The molecule has 0 aliphatic heterocycles. The SMILES string of the molecule is Cc1nc2cc(NC(=O)c3ccc(C)c([N+](=O)[O-])c3)ccc2o1. The number of nitrogens with one attached hydrogen (secondary N) is 1. The second-order valence-corrected chi connectivity index (χ2v) is 5.13. The van der Waals surface area contributed by atoms with Crippen LogP contribution in [0.15, 0.2) is 40.8 Å². The molecular formula is C16H13N3O4. The smallest absolute Gasteiger partial charge is 0.273 e. The van der Waals surface area contributed by atoms with Gasteiger partial charge in [0.1, 0.15) is 5.52 Å². The van der Waals surface area contributed by atoms with Crippen LogP contribution in [-0.2, 0) is 0 Å². The number of hydrogen-bond donors (Lipinski definition) is 1. The first-order chi connectivity index (χ1) is 10.9. The van der Waals surface area contributed by atoms with Crippen molar-refractivity contribution in [3.8, 4) is 0 Å². The fourth-order valence-corrected chi connectivity index (χ4v) is 2.27. The minimum atomic E-state index is -0.504. The van der Waals surface area contributed by atoms with E-state index in [4.69, 9.17) is 4.42 Å². The van der Waals surface area contributed by atoms with Gasteiger partial charge in [-0.25, -0.2) is 4.98 Å². The summed E-state index contributed by atoms with van der Waals surface area (Å²) in [6, 6.07) is 9.46. The Balaban J connectivity index is 1.88. The van der Waals surface area contributed by atoms with Crippen LogP contribution in [-0.4, -0.2) is 15.8 Å². The Morgan fingerprint density at radius 1 is 1.22 bits per heavy atom. The van der Waals surface area contributed by atoms with Gasteiger partial charge in [0.05, 0.1) is 4.92 Å². The number of nitrogens with zero attached hydrogens (tertiary/aromatic N) is 2. The number of nitro groups is 1. The van der Waals surface area contributed by atoms with E-state index in [0.717, 1.165) is 0 Å². The Bertz CT molecular complexity index is 930. The van der Waals surface area contributed by atoms with E-state index in [-0.39, 0.29) is 11.3 Å². The van der Waals surface area contributed by atoms with E-state index in [1.54, 1.807) is 44.2 Å². The molecule has 0 aliphatic carbocycles. The fourth-order valence-electron chi connectivity index (χ4n) is 2.27. The number of fused-ring (bicyclic) bond motifs is 1. The summed E-state index contributed by atoms with van der Waals surface area (Å²) in [4.78, 5) is 26.9. The number of amides is 1. The van der Waals surface area contributed by atoms with Gasteiger partial charge in [-0.2, -0.15) is 0 Å². The fraction of sp³-hybridized carbons (Fsp3) is 0.125. The van der Waals surface area contributed by atoms with Gasteiger partial charge in [0.15, 0.2) is 11.5 Å². The number of rotatable bonds is 3. The molecule has 1 amide bonds. The highest BCUT2D eigenvalue weighted by Crippen LogP contribution is 2.22. The summed E-state index contributed by atoms with van der Waals surface area (Å²) in [6.45, 7) is 3.37. The van der Waals surface area contributed by atoms with E-state index >= 15 is 0 Å². The van der Waals surface area contributed by atoms with Crippen LogP contribution in [0.2, 0.25) is 0 Å². The van der Waals surface area contributed by atoms with Crippen LogP contribution in [0.4, 0.5) is 11.4 Å². The maximum absolute atomic E-state index is 12.3. The van der Waals surface area contributed by atoms with E-state index in [9.17, 15) is 14.9 Å². The van der Waals surface area contributed by atoms with Crippen molar-refractivity contribution in [1.82, 2.24) is 4.98 Å². The number of carbonyl (C=O) groups excluding carboxylic acids is 1. The van der Waals surface area contributed by atoms with Gasteiger partial charge in [-0.05, 0) is 31.2 Å². The zero-order valence-electron chi connectivity index (χ0n) is 12.5. The highest BCUT2D eigenvalue weighted by molar-refractivity contribution is 6.05. The maximum Gasteiger partial charge on any atom is 0.273 e. The third-order valence-corrected chi connectivity index (χ3v) is 3.42. The molecule has 1 aromatic heterocycles. The quantitative estimate of drug-likeness (QED) is 0.588. The maximum atomic E-state index is 12.3. The standard InChI is InChI=1S/C16H13N3O4/c1-9-3-4-11(7-14(9)19(21)22)16(20)18-12-5-6-15-13(8-12)17-10(2)23-15/h3-8H,1-2H3,(H,18,20). The summed E-state index contributed by atoms with van der Waals surface area (Å²) in [5.74, 6) is 0.116. The summed E-state index contributed by atoms with van der Waals surface area (Å²) >= 11 is 0. The van der Waals surface area contributed by atoms with Crippen molar-refractivity contribution in [2.75, 3.05) is 5.32 Å². The number of benzene rings is 2. The number of aromatic nitrogens is 1. The zero-order chi connectivity index (χ0) is 16.6. The Morgan fingerprint density at radius 3 is 2.74 bits per heavy atom. The third kappa shape index (κ3) is 2.89. The summed E-state index contributed by atoms with van der Waals surface area (Å²) in [5.41, 5.74) is 2.45. The van der Waals surface area contributed by atoms with Gasteiger partial charge < -0.3 is 9.73 Å². The van der Waals surface area contributed by atoms with E-state index < -0.39 is 10.8 Å². The van der Waals surface area contributed by atoms with Crippen molar-refractivity contribution < 1.29 is 14.1 Å². The zero-order valence-corrected chi connectivity index (χ0v) is 12.5. The van der Waals surface area contributed by atoms with E-state index in [1.807, 2.05) is 0 Å². The Morgan fingerprint density at radius 2 is 2.00 bits per heavy atom. The average Bonchev–Trinajstić information content (AvgIpc) is 2.86. The normalized spacial score (nSPS) is 10.7. The van der Waals surface area contributed by atoms with Crippen molar-refractivity contribution in [3.63, 3.8) is 0 Å². The molecule has 1 N–H and O–H groups in total. The molecule has 0 radical (unpaired) electrons. The van der Waals surface area contributed by atoms with Crippen molar-refractivity contribution in [1.29, 1.82) is 0 Å². The van der Waals surface area contributed by atoms with Crippen molar-refractivity contribution in [2.24, 2.45) is 0 Å². The van der Waals surface area contributed by atoms with Crippen LogP contribution >= 0.6 is 0 Å². The van der Waals surface area contributed by atoms with Gasteiger partial charge in [-0.1, -0.05) is 6.07 Å². The molecule has 0 spiro atoms. The van der Waals surface area contributed by atoms with Gasteiger partial charge in [0, 0.05) is 29.8 Å². The monoisotopic (exact) mass is 311 g/mol. The lowest BCUT2D eigenvalue weighted by atomic mass is 10.1. The predicted octanol–water partition coefficient (Wildman–Crippen LogP) is 3.61. The lowest BCUT2D eigenvalue weighted by molar-refractivity contribution is -0.385. The molecule has 2 aromatic carbocycles. The van der Waals surface area contributed by atoms with Crippen molar-refractivity contribution >= 4 is 28.4 Å². The molecule has 3 aromatic rings. The molecule has 0 atom stereocenters. The Labute approximate surface area is 131 Å². The summed E-state index contributed by atoms with van der Waals surface area (Å²) in [5, 5.41) is 13.7. The number of hydrogen-bond acceptors (Lipinski definition) is 5. The van der Waals surface area contributed by atoms with Crippen LogP contribution in [0.25, 0.3) is 11.1 Å². The van der Waals surface area contributed by atoms with Gasteiger partial charge in [0.2, 0.25) is 0 Å². The average molecular weight is 311 g/mol. The Hall–Kier alpha value is -3.22. The second kappa shape index (κ2) is 5.53.